The van der Waals surface area contributed by atoms with Gasteiger partial charge in [0.2, 0.25) is 5.91 Å². The summed E-state index contributed by atoms with van der Waals surface area (Å²) in [4.78, 5) is 27.3. The van der Waals surface area contributed by atoms with E-state index in [-0.39, 0.29) is 30.0 Å². The van der Waals surface area contributed by atoms with Gasteiger partial charge in [0.15, 0.2) is 17.3 Å². The third kappa shape index (κ3) is 6.41. The van der Waals surface area contributed by atoms with Crippen LogP contribution in [0.5, 0.6) is 11.5 Å². The van der Waals surface area contributed by atoms with Crippen molar-refractivity contribution in [1.82, 2.24) is 20.5 Å². The van der Waals surface area contributed by atoms with Crippen molar-refractivity contribution in [1.29, 1.82) is 0 Å². The number of H-pyrrole nitrogens is 1. The van der Waals surface area contributed by atoms with Gasteiger partial charge in [0, 0.05) is 24.9 Å². The second kappa shape index (κ2) is 11.3. The molecule has 31 heavy (non-hydrogen) atoms. The summed E-state index contributed by atoms with van der Waals surface area (Å²) in [7, 11) is 1.54. The number of methoxy groups -OCH3 is 1. The smallest absolute Gasteiger partial charge is 0.273 e. The second-order valence-electron chi connectivity index (χ2n) is 7.72. The van der Waals surface area contributed by atoms with Crippen LogP contribution in [0.25, 0.3) is 11.4 Å². The standard InChI is InChI=1S/C23H30N4O4/c1-3-13-31-19-11-9-17(14-20(19)30-2)22-25-23(29)18(26-27-22)10-12-21(28)24-15-16-7-5-4-6-8-16/h3,9,11,14,16H,1,4-8,10,12-13,15H2,2H3,(H,24,28)(H,25,27,29). The number of hydrogen-bond donors (Lipinski definition) is 2. The van der Waals surface area contributed by atoms with E-state index in [1.165, 1.54) is 39.2 Å². The monoisotopic (exact) mass is 426 g/mol. The minimum atomic E-state index is -0.351. The molecule has 1 heterocycles. The molecule has 1 aromatic carbocycles. The predicted octanol–water partition coefficient (Wildman–Crippen LogP) is 3.03. The molecule has 3 rings (SSSR count). The zero-order valence-corrected chi connectivity index (χ0v) is 18.0. The van der Waals surface area contributed by atoms with Crippen LogP contribution in [-0.2, 0) is 11.2 Å². The summed E-state index contributed by atoms with van der Waals surface area (Å²) in [6.45, 7) is 4.70. The second-order valence-corrected chi connectivity index (χ2v) is 7.72. The van der Waals surface area contributed by atoms with Gasteiger partial charge in [0.05, 0.1) is 7.11 Å². The van der Waals surface area contributed by atoms with Crippen molar-refractivity contribution >= 4 is 5.91 Å². The lowest BCUT2D eigenvalue weighted by molar-refractivity contribution is -0.121. The lowest BCUT2D eigenvalue weighted by Gasteiger charge is -2.21. The minimum Gasteiger partial charge on any atom is -0.493 e. The summed E-state index contributed by atoms with van der Waals surface area (Å²) < 4.78 is 10.9. The van der Waals surface area contributed by atoms with Crippen LogP contribution in [0.1, 0.15) is 44.2 Å². The number of nitrogens with one attached hydrogen (secondary N) is 2. The summed E-state index contributed by atoms with van der Waals surface area (Å²) in [5.74, 6) is 1.92. The van der Waals surface area contributed by atoms with Gasteiger partial charge < -0.3 is 19.8 Å². The molecule has 0 bridgehead atoms. The Bertz CT molecular complexity index is 951. The molecule has 1 aromatic heterocycles. The maximum atomic E-state index is 12.4. The molecule has 1 fully saturated rings. The highest BCUT2D eigenvalue weighted by Crippen LogP contribution is 2.31. The molecule has 2 N–H and O–H groups in total. The molecule has 0 unspecified atom stereocenters. The number of carbonyl (C=O) groups is 1. The third-order valence-electron chi connectivity index (χ3n) is 5.46. The van der Waals surface area contributed by atoms with Crippen LogP contribution in [0.3, 0.4) is 0 Å². The Morgan fingerprint density at radius 2 is 2.06 bits per heavy atom. The first-order valence-corrected chi connectivity index (χ1v) is 10.8. The van der Waals surface area contributed by atoms with Crippen molar-refractivity contribution < 1.29 is 14.3 Å². The molecular formula is C23H30N4O4. The van der Waals surface area contributed by atoms with Gasteiger partial charge in [-0.1, -0.05) is 31.9 Å². The normalized spacial score (nSPS) is 14.1. The molecule has 1 aliphatic rings. The number of benzene rings is 1. The first-order valence-electron chi connectivity index (χ1n) is 10.8. The van der Waals surface area contributed by atoms with E-state index in [1.54, 1.807) is 24.3 Å². The topological polar surface area (TPSA) is 106 Å². The number of ether oxygens (including phenoxy) is 2. The maximum Gasteiger partial charge on any atom is 0.273 e. The van der Waals surface area contributed by atoms with Crippen LogP contribution in [0, 0.1) is 5.92 Å². The summed E-state index contributed by atoms with van der Waals surface area (Å²) in [5.41, 5.74) is 0.537. The zero-order chi connectivity index (χ0) is 22.1. The number of amides is 1. The molecular weight excluding hydrogens is 396 g/mol. The van der Waals surface area contributed by atoms with Crippen LogP contribution in [0.15, 0.2) is 35.6 Å². The summed E-state index contributed by atoms with van der Waals surface area (Å²) in [6.07, 6.45) is 8.25. The van der Waals surface area contributed by atoms with Crippen molar-refractivity contribution in [2.45, 2.75) is 44.9 Å². The van der Waals surface area contributed by atoms with Crippen molar-refractivity contribution in [3.8, 4) is 22.9 Å². The third-order valence-corrected chi connectivity index (χ3v) is 5.46. The van der Waals surface area contributed by atoms with E-state index in [2.05, 4.69) is 27.1 Å². The Hall–Kier alpha value is -3.16. The van der Waals surface area contributed by atoms with Crippen molar-refractivity contribution in [3.05, 3.63) is 46.9 Å². The Labute approximate surface area is 182 Å². The molecule has 0 radical (unpaired) electrons. The molecule has 0 aliphatic heterocycles. The quantitative estimate of drug-likeness (QED) is 0.566. The fourth-order valence-electron chi connectivity index (χ4n) is 3.71. The number of nitrogens with zero attached hydrogens (tertiary/aromatic N) is 2. The minimum absolute atomic E-state index is 0.0595. The molecule has 8 nitrogen and oxygen atoms in total. The zero-order valence-electron chi connectivity index (χ0n) is 18.0. The Kier molecular flexibility index (Phi) is 8.20. The molecule has 0 atom stereocenters. The van der Waals surface area contributed by atoms with E-state index in [0.717, 1.165) is 0 Å². The van der Waals surface area contributed by atoms with Crippen LogP contribution >= 0.6 is 0 Å². The van der Waals surface area contributed by atoms with Crippen LogP contribution in [0.2, 0.25) is 0 Å². The van der Waals surface area contributed by atoms with E-state index in [1.807, 2.05) is 0 Å². The molecule has 1 amide bonds. The largest absolute Gasteiger partial charge is 0.493 e. The first-order chi connectivity index (χ1) is 15.1. The molecule has 2 aromatic rings. The van der Waals surface area contributed by atoms with E-state index in [9.17, 15) is 9.59 Å². The summed E-state index contributed by atoms with van der Waals surface area (Å²) in [6, 6.07) is 5.22. The van der Waals surface area contributed by atoms with Gasteiger partial charge in [-0.15, -0.1) is 10.2 Å². The fraction of sp³-hybridized carbons (Fsp3) is 0.478. The van der Waals surface area contributed by atoms with Gasteiger partial charge in [0.1, 0.15) is 12.3 Å². The molecule has 1 aliphatic carbocycles. The molecule has 1 saturated carbocycles. The van der Waals surface area contributed by atoms with Crippen LogP contribution in [0.4, 0.5) is 0 Å². The van der Waals surface area contributed by atoms with E-state index in [4.69, 9.17) is 9.47 Å². The highest BCUT2D eigenvalue weighted by atomic mass is 16.5. The van der Waals surface area contributed by atoms with Gasteiger partial charge >= 0.3 is 0 Å². The average Bonchev–Trinajstić information content (AvgIpc) is 2.81. The molecule has 8 heteroatoms. The Morgan fingerprint density at radius 3 is 2.77 bits per heavy atom. The number of rotatable bonds is 10. The lowest BCUT2D eigenvalue weighted by atomic mass is 9.89. The number of hydrogen-bond acceptors (Lipinski definition) is 6. The SMILES string of the molecule is C=CCOc1ccc(-c2nnc(CCC(=O)NCC3CCCCC3)c(=O)[nH]2)cc1OC. The van der Waals surface area contributed by atoms with Gasteiger partial charge in [-0.3, -0.25) is 9.59 Å². The van der Waals surface area contributed by atoms with Crippen molar-refractivity contribution in [2.24, 2.45) is 5.92 Å². The van der Waals surface area contributed by atoms with Crippen molar-refractivity contribution in [2.75, 3.05) is 20.3 Å². The highest BCUT2D eigenvalue weighted by molar-refractivity contribution is 5.76. The Balaban J connectivity index is 1.58. The predicted molar refractivity (Wildman–Crippen MR) is 118 cm³/mol. The van der Waals surface area contributed by atoms with Crippen LogP contribution < -0.4 is 20.3 Å². The number of aromatic nitrogens is 3. The first kappa shape index (κ1) is 22.5. The van der Waals surface area contributed by atoms with E-state index < -0.39 is 0 Å². The van der Waals surface area contributed by atoms with Crippen LogP contribution in [-0.4, -0.2) is 41.3 Å². The van der Waals surface area contributed by atoms with Gasteiger partial charge in [-0.25, -0.2) is 0 Å². The number of aryl methyl sites for hydroxylation is 1. The Morgan fingerprint density at radius 1 is 1.26 bits per heavy atom. The van der Waals surface area contributed by atoms with Crippen molar-refractivity contribution in [3.63, 3.8) is 0 Å². The lowest BCUT2D eigenvalue weighted by Crippen LogP contribution is -2.31. The molecule has 166 valence electrons. The summed E-state index contributed by atoms with van der Waals surface area (Å²) in [5, 5.41) is 11.2. The van der Waals surface area contributed by atoms with Gasteiger partial charge in [-0.2, -0.15) is 0 Å². The fourth-order valence-corrected chi connectivity index (χ4v) is 3.71. The van der Waals surface area contributed by atoms with Gasteiger partial charge in [0.25, 0.3) is 5.56 Å². The summed E-state index contributed by atoms with van der Waals surface area (Å²) >= 11 is 0. The molecule has 0 spiro atoms. The van der Waals surface area contributed by atoms with E-state index >= 15 is 0 Å². The number of carbonyl (C=O) groups excluding carboxylic acids is 1. The molecule has 0 saturated heterocycles. The maximum absolute atomic E-state index is 12.4. The number of aromatic amines is 1. The van der Waals surface area contributed by atoms with E-state index in [0.29, 0.717) is 42.0 Å². The highest BCUT2D eigenvalue weighted by Gasteiger charge is 2.15. The average molecular weight is 427 g/mol. The van der Waals surface area contributed by atoms with Gasteiger partial charge in [-0.05, 0) is 37.0 Å².